The van der Waals surface area contributed by atoms with E-state index in [1.165, 1.54) is 0 Å². The molecule has 0 heterocycles. The van der Waals surface area contributed by atoms with Crippen LogP contribution in [0, 0.1) is 11.8 Å². The summed E-state index contributed by atoms with van der Waals surface area (Å²) in [6, 6.07) is 6.37. The van der Waals surface area contributed by atoms with Crippen LogP contribution >= 0.6 is 23.2 Å². The van der Waals surface area contributed by atoms with Gasteiger partial charge >= 0.3 is 0 Å². The Morgan fingerprint density at radius 3 is 2.44 bits per heavy atom. The molecule has 0 bridgehead atoms. The number of alkyl halides is 1. The summed E-state index contributed by atoms with van der Waals surface area (Å²) in [7, 11) is 0. The zero-order valence-corrected chi connectivity index (χ0v) is 9.76. The lowest BCUT2D eigenvalue weighted by Gasteiger charge is -2.22. The molecule has 0 N–H and O–H groups in total. The van der Waals surface area contributed by atoms with E-state index in [4.69, 9.17) is 23.2 Å². The highest BCUT2D eigenvalue weighted by molar-refractivity contribution is 6.30. The Bertz CT molecular complexity index is 420. The van der Waals surface area contributed by atoms with Gasteiger partial charge in [0.15, 0.2) is 0 Å². The van der Waals surface area contributed by atoms with Crippen molar-refractivity contribution >= 4 is 35.0 Å². The predicted molar refractivity (Wildman–Crippen MR) is 62.7 cm³/mol. The van der Waals surface area contributed by atoms with E-state index in [2.05, 4.69) is 11.8 Å². The van der Waals surface area contributed by atoms with Gasteiger partial charge in [0.1, 0.15) is 6.09 Å². The minimum atomic E-state index is -1.31. The Morgan fingerprint density at radius 2 is 1.94 bits per heavy atom. The van der Waals surface area contributed by atoms with Crippen LogP contribution in [-0.4, -0.2) is 18.5 Å². The van der Waals surface area contributed by atoms with Crippen molar-refractivity contribution < 1.29 is 9.90 Å². The first-order valence-electron chi connectivity index (χ1n) is 4.41. The maximum atomic E-state index is 10.9. The van der Waals surface area contributed by atoms with E-state index in [0.717, 1.165) is 4.90 Å². The van der Waals surface area contributed by atoms with Crippen LogP contribution in [0.4, 0.5) is 10.5 Å². The number of carbonyl (C=O) groups excluding carboxylic acids is 1. The molecule has 1 aromatic carbocycles. The fourth-order valence-corrected chi connectivity index (χ4v) is 1.28. The third kappa shape index (κ3) is 3.65. The predicted octanol–water partition coefficient (Wildman–Crippen LogP) is 1.73. The highest BCUT2D eigenvalue weighted by atomic mass is 35.5. The van der Waals surface area contributed by atoms with E-state index >= 15 is 0 Å². The van der Waals surface area contributed by atoms with Crippen LogP contribution in [-0.2, 0) is 0 Å². The van der Waals surface area contributed by atoms with Gasteiger partial charge in [-0.1, -0.05) is 23.4 Å². The molecule has 16 heavy (non-hydrogen) atoms. The molecule has 0 saturated heterocycles. The van der Waals surface area contributed by atoms with Gasteiger partial charge in [0.25, 0.3) is 0 Å². The molecule has 0 spiro atoms. The molecule has 1 rings (SSSR count). The summed E-state index contributed by atoms with van der Waals surface area (Å²) < 4.78 is 0. The van der Waals surface area contributed by atoms with E-state index in [1.54, 1.807) is 24.3 Å². The number of carbonyl (C=O) groups is 1. The minimum absolute atomic E-state index is 0.0245. The second-order valence-electron chi connectivity index (χ2n) is 2.82. The van der Waals surface area contributed by atoms with Crippen molar-refractivity contribution in [3.63, 3.8) is 0 Å². The van der Waals surface area contributed by atoms with Gasteiger partial charge in [-0.3, -0.25) is 0 Å². The zero-order valence-electron chi connectivity index (χ0n) is 8.24. The van der Waals surface area contributed by atoms with Crippen molar-refractivity contribution in [2.24, 2.45) is 0 Å². The van der Waals surface area contributed by atoms with Crippen LogP contribution < -0.4 is 10.0 Å². The molecule has 1 amide bonds. The van der Waals surface area contributed by atoms with Crippen molar-refractivity contribution in [3.8, 4) is 11.8 Å². The highest BCUT2D eigenvalue weighted by Gasteiger charge is 2.05. The Kier molecular flexibility index (Phi) is 4.97. The molecule has 0 aliphatic rings. The molecule has 84 valence electrons. The molecule has 0 atom stereocenters. The van der Waals surface area contributed by atoms with Gasteiger partial charge < -0.3 is 14.8 Å². The summed E-state index contributed by atoms with van der Waals surface area (Å²) >= 11 is 11.1. The highest BCUT2D eigenvalue weighted by Crippen LogP contribution is 2.17. The molecule has 0 aromatic heterocycles. The van der Waals surface area contributed by atoms with Crippen molar-refractivity contribution in [3.05, 3.63) is 29.3 Å². The Balaban J connectivity index is 2.85. The monoisotopic (exact) mass is 256 g/mol. The molecule has 3 nitrogen and oxygen atoms in total. The van der Waals surface area contributed by atoms with Crippen molar-refractivity contribution in [2.45, 2.75) is 0 Å². The standard InChI is InChI=1S/C11H9Cl2NO2/c12-7-1-2-8-14(11(15)16)10-5-3-9(13)4-6-10/h3-6H,7-8H2,(H,15,16)/p-1. The normalized spacial score (nSPS) is 9.12. The number of amides is 1. The number of hydrogen-bond donors (Lipinski definition) is 0. The topological polar surface area (TPSA) is 43.4 Å². The summed E-state index contributed by atoms with van der Waals surface area (Å²) in [5.74, 6) is 5.36. The van der Waals surface area contributed by atoms with Gasteiger partial charge in [-0.25, -0.2) is 0 Å². The number of benzene rings is 1. The van der Waals surface area contributed by atoms with E-state index in [0.29, 0.717) is 10.7 Å². The first-order chi connectivity index (χ1) is 7.65. The van der Waals surface area contributed by atoms with Gasteiger partial charge in [-0.15, -0.1) is 11.6 Å². The average molecular weight is 257 g/mol. The summed E-state index contributed by atoms with van der Waals surface area (Å²) in [5.41, 5.74) is 0.466. The van der Waals surface area contributed by atoms with Gasteiger partial charge in [-0.2, -0.15) is 0 Å². The molecule has 5 heteroatoms. The van der Waals surface area contributed by atoms with Crippen molar-refractivity contribution in [1.82, 2.24) is 0 Å². The lowest BCUT2D eigenvalue weighted by atomic mass is 10.3. The molecule has 0 unspecified atom stereocenters. The molecule has 0 fully saturated rings. The largest absolute Gasteiger partial charge is 0.530 e. The number of halogens is 2. The van der Waals surface area contributed by atoms with Crippen molar-refractivity contribution in [1.29, 1.82) is 0 Å². The van der Waals surface area contributed by atoms with Crippen LogP contribution in [0.2, 0.25) is 5.02 Å². The lowest BCUT2D eigenvalue weighted by Crippen LogP contribution is -2.41. The van der Waals surface area contributed by atoms with E-state index < -0.39 is 6.09 Å². The Labute approximate surface area is 104 Å². The average Bonchev–Trinajstić information content (AvgIpc) is 2.26. The Morgan fingerprint density at radius 1 is 1.31 bits per heavy atom. The van der Waals surface area contributed by atoms with Gasteiger partial charge in [0, 0.05) is 10.7 Å². The van der Waals surface area contributed by atoms with Crippen LogP contribution in [0.5, 0.6) is 0 Å². The molecular formula is C11H8Cl2NO2-. The lowest BCUT2D eigenvalue weighted by molar-refractivity contribution is -0.246. The fourth-order valence-electron chi connectivity index (χ4n) is 1.06. The zero-order chi connectivity index (χ0) is 12.0. The number of hydrogen-bond acceptors (Lipinski definition) is 2. The fraction of sp³-hybridized carbons (Fsp3) is 0.182. The number of nitrogens with zero attached hydrogens (tertiary/aromatic N) is 1. The Hall–Kier alpha value is -1.37. The van der Waals surface area contributed by atoms with E-state index in [9.17, 15) is 9.90 Å². The maximum absolute atomic E-state index is 10.9. The first kappa shape index (κ1) is 12.7. The van der Waals surface area contributed by atoms with E-state index in [-0.39, 0.29) is 12.4 Å². The minimum Gasteiger partial charge on any atom is -0.530 e. The van der Waals surface area contributed by atoms with Crippen molar-refractivity contribution in [2.75, 3.05) is 17.3 Å². The molecule has 0 aliphatic carbocycles. The third-order valence-electron chi connectivity index (χ3n) is 1.79. The second kappa shape index (κ2) is 6.26. The van der Waals surface area contributed by atoms with E-state index in [1.807, 2.05) is 0 Å². The maximum Gasteiger partial charge on any atom is 0.142 e. The number of rotatable bonds is 2. The van der Waals surface area contributed by atoms with Crippen LogP contribution in [0.3, 0.4) is 0 Å². The second-order valence-corrected chi connectivity index (χ2v) is 3.52. The van der Waals surface area contributed by atoms with Crippen LogP contribution in [0.1, 0.15) is 0 Å². The third-order valence-corrected chi connectivity index (χ3v) is 2.17. The number of carboxylic acid groups (broad SMARTS) is 1. The van der Waals surface area contributed by atoms with Gasteiger partial charge in [-0.05, 0) is 24.3 Å². The molecular weight excluding hydrogens is 249 g/mol. The van der Waals surface area contributed by atoms with Gasteiger partial charge in [0.2, 0.25) is 0 Å². The summed E-state index contributed by atoms with van der Waals surface area (Å²) in [5, 5.41) is 11.4. The van der Waals surface area contributed by atoms with Gasteiger partial charge in [0.05, 0.1) is 12.4 Å². The van der Waals surface area contributed by atoms with Crippen LogP contribution in [0.15, 0.2) is 24.3 Å². The quantitative estimate of drug-likeness (QED) is 0.598. The molecule has 1 aromatic rings. The molecule has 0 aliphatic heterocycles. The van der Waals surface area contributed by atoms with Crippen LogP contribution in [0.25, 0.3) is 0 Å². The molecule has 0 saturated carbocycles. The first-order valence-corrected chi connectivity index (χ1v) is 5.32. The summed E-state index contributed by atoms with van der Waals surface area (Å²) in [6.45, 7) is 0.0245. The SMILES string of the molecule is O=C([O-])N(CC#CCCl)c1ccc(Cl)cc1. The molecule has 0 radical (unpaired) electrons. The summed E-state index contributed by atoms with van der Waals surface area (Å²) in [6.07, 6.45) is -1.31. The smallest absolute Gasteiger partial charge is 0.142 e. The summed E-state index contributed by atoms with van der Waals surface area (Å²) in [4.78, 5) is 11.9. The number of anilines is 1.